The Morgan fingerprint density at radius 3 is 2.68 bits per heavy atom. The molecule has 0 radical (unpaired) electrons. The fourth-order valence-corrected chi connectivity index (χ4v) is 3.98. The number of nitrogens with one attached hydrogen (secondary N) is 1. The van der Waals surface area contributed by atoms with Crippen molar-refractivity contribution in [2.24, 2.45) is 5.41 Å². The van der Waals surface area contributed by atoms with Gasteiger partial charge in [-0.15, -0.1) is 0 Å². The van der Waals surface area contributed by atoms with Crippen LogP contribution in [-0.4, -0.2) is 17.3 Å². The molecule has 0 aromatic heterocycles. The summed E-state index contributed by atoms with van der Waals surface area (Å²) in [4.78, 5) is 0. The van der Waals surface area contributed by atoms with Crippen LogP contribution in [0.4, 0.5) is 0 Å². The lowest BCUT2D eigenvalue weighted by atomic mass is 9.60. The third-order valence-corrected chi connectivity index (χ3v) is 5.37. The zero-order valence-corrected chi connectivity index (χ0v) is 12.1. The van der Waals surface area contributed by atoms with Crippen molar-refractivity contribution in [1.29, 1.82) is 0 Å². The quantitative estimate of drug-likeness (QED) is 0.811. The molecule has 2 N–H and O–H groups in total. The van der Waals surface area contributed by atoms with E-state index in [0.717, 1.165) is 32.2 Å². The van der Waals surface area contributed by atoms with Gasteiger partial charge in [-0.3, -0.25) is 0 Å². The van der Waals surface area contributed by atoms with Crippen LogP contribution in [-0.2, 0) is 6.42 Å². The minimum atomic E-state index is -0.623. The lowest BCUT2D eigenvalue weighted by Gasteiger charge is -2.52. The molecule has 1 aliphatic carbocycles. The van der Waals surface area contributed by atoms with Crippen LogP contribution in [0.15, 0.2) is 24.3 Å². The fraction of sp³-hybridized carbons (Fsp3) is 0.647. The minimum absolute atomic E-state index is 0.0205. The van der Waals surface area contributed by atoms with E-state index >= 15 is 0 Å². The Balaban J connectivity index is 2.02. The Labute approximate surface area is 116 Å². The number of aliphatic hydroxyl groups is 1. The number of rotatable bonds is 1. The van der Waals surface area contributed by atoms with Gasteiger partial charge in [-0.1, -0.05) is 51.0 Å². The highest BCUT2D eigenvalue weighted by Gasteiger charge is 2.51. The van der Waals surface area contributed by atoms with E-state index in [0.29, 0.717) is 0 Å². The van der Waals surface area contributed by atoms with Crippen LogP contribution >= 0.6 is 0 Å². The molecule has 1 aromatic carbocycles. The molecule has 3 rings (SSSR count). The molecular formula is C17H25NO. The van der Waals surface area contributed by atoms with Crippen molar-refractivity contribution in [3.8, 4) is 0 Å². The van der Waals surface area contributed by atoms with E-state index in [4.69, 9.17) is 0 Å². The first-order chi connectivity index (χ1) is 9.05. The van der Waals surface area contributed by atoms with Gasteiger partial charge in [0.15, 0.2) is 0 Å². The third kappa shape index (κ3) is 2.02. The maximum Gasteiger partial charge on any atom is 0.0892 e. The van der Waals surface area contributed by atoms with Crippen LogP contribution in [0.5, 0.6) is 0 Å². The van der Waals surface area contributed by atoms with E-state index in [1.807, 2.05) is 0 Å². The molecule has 0 amide bonds. The maximum absolute atomic E-state index is 11.4. The molecule has 2 heteroatoms. The minimum Gasteiger partial charge on any atom is -0.387 e. The summed E-state index contributed by atoms with van der Waals surface area (Å²) < 4.78 is 0. The van der Waals surface area contributed by atoms with Crippen LogP contribution in [0.2, 0.25) is 0 Å². The second-order valence-electron chi connectivity index (χ2n) is 6.85. The summed E-state index contributed by atoms with van der Waals surface area (Å²) in [5.74, 6) is 0. The van der Waals surface area contributed by atoms with Gasteiger partial charge in [0.1, 0.15) is 0 Å². The summed E-state index contributed by atoms with van der Waals surface area (Å²) in [6.07, 6.45) is 5.48. The molecule has 0 bridgehead atoms. The van der Waals surface area contributed by atoms with Crippen molar-refractivity contribution in [3.05, 3.63) is 35.4 Å². The molecule has 2 atom stereocenters. The monoisotopic (exact) mass is 259 g/mol. The summed E-state index contributed by atoms with van der Waals surface area (Å²) in [5, 5.41) is 15.0. The van der Waals surface area contributed by atoms with Crippen molar-refractivity contribution < 1.29 is 5.11 Å². The highest BCUT2D eigenvalue weighted by atomic mass is 16.3. The molecule has 2 aliphatic rings. The summed E-state index contributed by atoms with van der Waals surface area (Å²) in [6, 6.07) is 8.69. The van der Waals surface area contributed by atoms with Gasteiger partial charge in [0, 0.05) is 0 Å². The predicted octanol–water partition coefficient (Wildman–Crippen LogP) is 3.20. The van der Waals surface area contributed by atoms with E-state index < -0.39 is 5.60 Å². The Bertz CT molecular complexity index is 468. The first-order valence-corrected chi connectivity index (χ1v) is 7.58. The van der Waals surface area contributed by atoms with E-state index in [1.165, 1.54) is 17.5 Å². The maximum atomic E-state index is 11.4. The molecule has 1 aliphatic heterocycles. The smallest absolute Gasteiger partial charge is 0.0892 e. The molecule has 19 heavy (non-hydrogen) atoms. The highest BCUT2D eigenvalue weighted by molar-refractivity contribution is 5.35. The average Bonchev–Trinajstić information content (AvgIpc) is 2.41. The summed E-state index contributed by atoms with van der Waals surface area (Å²) in [7, 11) is 0. The molecule has 0 spiro atoms. The molecule has 0 saturated heterocycles. The van der Waals surface area contributed by atoms with Gasteiger partial charge in [0.05, 0.1) is 11.6 Å². The number of benzene rings is 1. The average molecular weight is 259 g/mol. The molecule has 2 nitrogen and oxygen atoms in total. The molecule has 1 heterocycles. The van der Waals surface area contributed by atoms with Gasteiger partial charge >= 0.3 is 0 Å². The molecule has 1 aromatic rings. The van der Waals surface area contributed by atoms with Crippen molar-refractivity contribution in [2.45, 2.75) is 57.6 Å². The lowest BCUT2D eigenvalue weighted by Crippen LogP contribution is -2.57. The second kappa shape index (κ2) is 4.60. The largest absolute Gasteiger partial charge is 0.387 e. The fourth-order valence-electron chi connectivity index (χ4n) is 3.98. The van der Waals surface area contributed by atoms with E-state index in [2.05, 4.69) is 43.4 Å². The lowest BCUT2D eigenvalue weighted by molar-refractivity contribution is -0.124. The topological polar surface area (TPSA) is 32.3 Å². The van der Waals surface area contributed by atoms with Crippen LogP contribution in [0.25, 0.3) is 0 Å². The Kier molecular flexibility index (Phi) is 3.18. The van der Waals surface area contributed by atoms with Gasteiger partial charge in [-0.2, -0.15) is 0 Å². The number of hydrogen-bond donors (Lipinski definition) is 2. The van der Waals surface area contributed by atoms with Crippen molar-refractivity contribution in [2.75, 3.05) is 6.54 Å². The van der Waals surface area contributed by atoms with E-state index in [-0.39, 0.29) is 11.5 Å². The highest BCUT2D eigenvalue weighted by Crippen LogP contribution is 2.51. The Hall–Kier alpha value is -0.860. The number of fused-ring (bicyclic) bond motifs is 1. The van der Waals surface area contributed by atoms with Gasteiger partial charge in [-0.05, 0) is 42.3 Å². The zero-order valence-electron chi connectivity index (χ0n) is 12.1. The first kappa shape index (κ1) is 13.1. The molecule has 104 valence electrons. The van der Waals surface area contributed by atoms with Crippen molar-refractivity contribution in [3.63, 3.8) is 0 Å². The number of hydrogen-bond acceptors (Lipinski definition) is 2. The SMILES string of the molecule is CC1(C)CCCCC1(O)C1NCCc2ccccc21. The van der Waals surface area contributed by atoms with E-state index in [9.17, 15) is 5.11 Å². The van der Waals surface area contributed by atoms with Gasteiger partial charge < -0.3 is 10.4 Å². The van der Waals surface area contributed by atoms with Gasteiger partial charge in [0.25, 0.3) is 0 Å². The predicted molar refractivity (Wildman–Crippen MR) is 78.1 cm³/mol. The summed E-state index contributed by atoms with van der Waals surface area (Å²) >= 11 is 0. The molecular weight excluding hydrogens is 234 g/mol. The van der Waals surface area contributed by atoms with Crippen LogP contribution < -0.4 is 5.32 Å². The van der Waals surface area contributed by atoms with Crippen molar-refractivity contribution in [1.82, 2.24) is 5.32 Å². The normalized spacial score (nSPS) is 33.7. The zero-order chi connectivity index (χ0) is 13.5. The van der Waals surface area contributed by atoms with Crippen LogP contribution in [0, 0.1) is 5.41 Å². The Morgan fingerprint density at radius 2 is 1.89 bits per heavy atom. The van der Waals surface area contributed by atoms with Crippen LogP contribution in [0.1, 0.15) is 56.7 Å². The molecule has 2 unspecified atom stereocenters. The summed E-state index contributed by atoms with van der Waals surface area (Å²) in [6.45, 7) is 5.43. The third-order valence-electron chi connectivity index (χ3n) is 5.37. The summed E-state index contributed by atoms with van der Waals surface area (Å²) in [5.41, 5.74) is 2.07. The van der Waals surface area contributed by atoms with E-state index in [1.54, 1.807) is 0 Å². The van der Waals surface area contributed by atoms with Crippen molar-refractivity contribution >= 4 is 0 Å². The first-order valence-electron chi connectivity index (χ1n) is 7.58. The standard InChI is InChI=1S/C17H25NO/c1-16(2)10-5-6-11-17(16,19)15-14-8-4-3-7-13(14)9-12-18-15/h3-4,7-8,15,18-19H,5-6,9-12H2,1-2H3. The van der Waals surface area contributed by atoms with Gasteiger partial charge in [0.2, 0.25) is 0 Å². The van der Waals surface area contributed by atoms with Crippen LogP contribution in [0.3, 0.4) is 0 Å². The Morgan fingerprint density at radius 1 is 1.16 bits per heavy atom. The molecule has 1 fully saturated rings. The second-order valence-corrected chi connectivity index (χ2v) is 6.85. The molecule has 1 saturated carbocycles. The van der Waals surface area contributed by atoms with Gasteiger partial charge in [-0.25, -0.2) is 0 Å².